The SMILES string of the molecule is CNc1nc(-c2ccc(OC)c(NC(=O)COc3ccc(S(=O)(=O)NC4CC4)cc3C)c2)cs1. The quantitative estimate of drug-likeness (QED) is 0.387. The fourth-order valence-electron chi connectivity index (χ4n) is 3.26. The monoisotopic (exact) mass is 502 g/mol. The number of rotatable bonds is 10. The van der Waals surface area contributed by atoms with E-state index in [-0.39, 0.29) is 23.5 Å². The summed E-state index contributed by atoms with van der Waals surface area (Å²) in [6.45, 7) is 1.49. The molecule has 3 aromatic rings. The number of aromatic nitrogens is 1. The first kappa shape index (κ1) is 24.0. The van der Waals surface area contributed by atoms with E-state index in [1.54, 1.807) is 25.1 Å². The van der Waals surface area contributed by atoms with Crippen molar-refractivity contribution in [3.05, 3.63) is 47.3 Å². The molecule has 180 valence electrons. The van der Waals surface area contributed by atoms with Crippen LogP contribution in [0.1, 0.15) is 18.4 Å². The van der Waals surface area contributed by atoms with Gasteiger partial charge < -0.3 is 20.1 Å². The van der Waals surface area contributed by atoms with E-state index in [0.29, 0.717) is 22.7 Å². The van der Waals surface area contributed by atoms with E-state index in [4.69, 9.17) is 9.47 Å². The highest BCUT2D eigenvalue weighted by Crippen LogP contribution is 2.32. The number of hydrogen-bond acceptors (Lipinski definition) is 8. The fourth-order valence-corrected chi connectivity index (χ4v) is 5.33. The third-order valence-corrected chi connectivity index (χ3v) is 7.58. The normalized spacial score (nSPS) is 13.4. The average Bonchev–Trinajstić information content (AvgIpc) is 3.48. The zero-order valence-electron chi connectivity index (χ0n) is 19.0. The molecule has 2 aromatic carbocycles. The van der Waals surface area contributed by atoms with Crippen molar-refractivity contribution in [2.45, 2.75) is 30.7 Å². The van der Waals surface area contributed by atoms with Gasteiger partial charge in [-0.2, -0.15) is 0 Å². The lowest BCUT2D eigenvalue weighted by atomic mass is 10.1. The molecular weight excluding hydrogens is 476 g/mol. The first-order chi connectivity index (χ1) is 16.3. The highest BCUT2D eigenvalue weighted by Gasteiger charge is 2.28. The molecule has 3 N–H and O–H groups in total. The molecular formula is C23H26N4O5S2. The molecule has 1 heterocycles. The highest BCUT2D eigenvalue weighted by atomic mass is 32.2. The van der Waals surface area contributed by atoms with E-state index in [2.05, 4.69) is 20.3 Å². The van der Waals surface area contributed by atoms with Crippen LogP contribution in [0.3, 0.4) is 0 Å². The standard InChI is InChI=1S/C23H26N4O5S2/c1-14-10-17(34(29,30)27-16-5-6-16)7-9-20(14)32-12-22(28)25-18-11-15(4-8-21(18)31-3)19-13-33-23(24-2)26-19/h4,7-11,13,16,27H,5-6,12H2,1-3H3,(H,24,26)(H,25,28). The van der Waals surface area contributed by atoms with E-state index in [9.17, 15) is 13.2 Å². The maximum absolute atomic E-state index is 12.6. The first-order valence-corrected chi connectivity index (χ1v) is 13.0. The Morgan fingerprint density at radius 2 is 1.94 bits per heavy atom. The molecule has 1 aliphatic rings. The molecule has 0 bridgehead atoms. The van der Waals surface area contributed by atoms with Gasteiger partial charge in [0.1, 0.15) is 11.5 Å². The van der Waals surface area contributed by atoms with Gasteiger partial charge in [-0.05, 0) is 61.7 Å². The van der Waals surface area contributed by atoms with Gasteiger partial charge in [0, 0.05) is 24.0 Å². The molecule has 0 spiro atoms. The Morgan fingerprint density at radius 3 is 2.59 bits per heavy atom. The number of sulfonamides is 1. The van der Waals surface area contributed by atoms with Crippen LogP contribution in [0.15, 0.2) is 46.7 Å². The summed E-state index contributed by atoms with van der Waals surface area (Å²) in [6.07, 6.45) is 1.73. The minimum absolute atomic E-state index is 0.0290. The number of amides is 1. The summed E-state index contributed by atoms with van der Waals surface area (Å²) in [7, 11) is -0.215. The van der Waals surface area contributed by atoms with Crippen molar-refractivity contribution in [3.63, 3.8) is 0 Å². The van der Waals surface area contributed by atoms with Gasteiger partial charge in [-0.1, -0.05) is 0 Å². The summed E-state index contributed by atoms with van der Waals surface area (Å²) in [6, 6.07) is 10.0. The molecule has 34 heavy (non-hydrogen) atoms. The van der Waals surface area contributed by atoms with Crippen molar-refractivity contribution in [2.24, 2.45) is 0 Å². The molecule has 1 fully saturated rings. The van der Waals surface area contributed by atoms with Crippen LogP contribution >= 0.6 is 11.3 Å². The van der Waals surface area contributed by atoms with E-state index in [0.717, 1.165) is 29.2 Å². The Kier molecular flexibility index (Phi) is 7.05. The number of aryl methyl sites for hydroxylation is 1. The number of methoxy groups -OCH3 is 1. The molecule has 0 radical (unpaired) electrons. The zero-order valence-corrected chi connectivity index (χ0v) is 20.7. The van der Waals surface area contributed by atoms with Crippen molar-refractivity contribution in [1.29, 1.82) is 0 Å². The van der Waals surface area contributed by atoms with Crippen molar-refractivity contribution < 1.29 is 22.7 Å². The van der Waals surface area contributed by atoms with Crippen LogP contribution < -0.4 is 24.8 Å². The summed E-state index contributed by atoms with van der Waals surface area (Å²) in [4.78, 5) is 17.3. The number of nitrogens with zero attached hydrogens (tertiary/aromatic N) is 1. The summed E-state index contributed by atoms with van der Waals surface area (Å²) in [5.74, 6) is 0.564. The maximum Gasteiger partial charge on any atom is 0.262 e. The molecule has 1 saturated carbocycles. The van der Waals surface area contributed by atoms with Crippen LogP contribution in [-0.2, 0) is 14.8 Å². The summed E-state index contributed by atoms with van der Waals surface area (Å²) < 4.78 is 38.5. The molecule has 1 aliphatic carbocycles. The molecule has 0 saturated heterocycles. The average molecular weight is 503 g/mol. The molecule has 1 aromatic heterocycles. The number of anilines is 2. The second kappa shape index (κ2) is 10.00. The Labute approximate surface area is 202 Å². The molecule has 1 amide bonds. The van der Waals surface area contributed by atoms with E-state index in [1.807, 2.05) is 18.5 Å². The first-order valence-electron chi connectivity index (χ1n) is 10.7. The number of thiazole rings is 1. The number of hydrogen-bond donors (Lipinski definition) is 3. The molecule has 9 nitrogen and oxygen atoms in total. The van der Waals surface area contributed by atoms with Gasteiger partial charge >= 0.3 is 0 Å². The smallest absolute Gasteiger partial charge is 0.262 e. The molecule has 11 heteroatoms. The van der Waals surface area contributed by atoms with Gasteiger partial charge in [-0.3, -0.25) is 4.79 Å². The lowest BCUT2D eigenvalue weighted by Gasteiger charge is -2.14. The van der Waals surface area contributed by atoms with Gasteiger partial charge in [-0.15, -0.1) is 11.3 Å². The lowest BCUT2D eigenvalue weighted by molar-refractivity contribution is -0.118. The Morgan fingerprint density at radius 1 is 1.18 bits per heavy atom. The van der Waals surface area contributed by atoms with Crippen LogP contribution in [0.5, 0.6) is 11.5 Å². The molecule has 0 atom stereocenters. The summed E-state index contributed by atoms with van der Waals surface area (Å²) in [5, 5.41) is 8.54. The number of ether oxygens (including phenoxy) is 2. The van der Waals surface area contributed by atoms with Crippen LogP contribution in [0.25, 0.3) is 11.3 Å². The van der Waals surface area contributed by atoms with E-state index < -0.39 is 10.0 Å². The third-order valence-electron chi connectivity index (χ3n) is 5.20. The van der Waals surface area contributed by atoms with E-state index >= 15 is 0 Å². The van der Waals surface area contributed by atoms with Crippen LogP contribution in [-0.4, -0.2) is 46.1 Å². The number of carbonyl (C=O) groups excluding carboxylic acids is 1. The van der Waals surface area contributed by atoms with Crippen LogP contribution in [0, 0.1) is 6.92 Å². The zero-order chi connectivity index (χ0) is 24.3. The molecule has 0 aliphatic heterocycles. The Balaban J connectivity index is 1.42. The minimum Gasteiger partial charge on any atom is -0.495 e. The summed E-state index contributed by atoms with van der Waals surface area (Å²) >= 11 is 1.49. The number of benzene rings is 2. The topological polar surface area (TPSA) is 119 Å². The molecule has 4 rings (SSSR count). The van der Waals surface area contributed by atoms with Gasteiger partial charge in [0.15, 0.2) is 11.7 Å². The maximum atomic E-state index is 12.6. The highest BCUT2D eigenvalue weighted by molar-refractivity contribution is 7.89. The fraction of sp³-hybridized carbons (Fsp3) is 0.304. The van der Waals surface area contributed by atoms with Crippen molar-refractivity contribution in [1.82, 2.24) is 9.71 Å². The van der Waals surface area contributed by atoms with Crippen molar-refractivity contribution in [2.75, 3.05) is 31.4 Å². The van der Waals surface area contributed by atoms with Crippen LogP contribution in [0.2, 0.25) is 0 Å². The lowest BCUT2D eigenvalue weighted by Crippen LogP contribution is -2.25. The van der Waals surface area contributed by atoms with Crippen molar-refractivity contribution in [3.8, 4) is 22.8 Å². The predicted octanol–water partition coefficient (Wildman–Crippen LogP) is 3.63. The number of carbonyl (C=O) groups is 1. The van der Waals surface area contributed by atoms with Gasteiger partial charge in [0.2, 0.25) is 10.0 Å². The Bertz CT molecular complexity index is 1300. The molecule has 0 unspecified atom stereocenters. The second-order valence-electron chi connectivity index (χ2n) is 7.86. The van der Waals surface area contributed by atoms with Gasteiger partial charge in [-0.25, -0.2) is 18.1 Å². The van der Waals surface area contributed by atoms with Gasteiger partial charge in [0.25, 0.3) is 5.91 Å². The second-order valence-corrected chi connectivity index (χ2v) is 10.4. The predicted molar refractivity (Wildman–Crippen MR) is 132 cm³/mol. The number of nitrogens with one attached hydrogen (secondary N) is 3. The third kappa shape index (κ3) is 5.66. The largest absolute Gasteiger partial charge is 0.495 e. The van der Waals surface area contributed by atoms with Crippen LogP contribution in [0.4, 0.5) is 10.8 Å². The minimum atomic E-state index is -3.55. The van der Waals surface area contributed by atoms with E-state index in [1.165, 1.54) is 30.6 Å². The Hall–Kier alpha value is -3.15. The summed E-state index contributed by atoms with van der Waals surface area (Å²) in [5.41, 5.74) is 2.74. The van der Waals surface area contributed by atoms with Gasteiger partial charge in [0.05, 0.1) is 23.4 Å². The van der Waals surface area contributed by atoms with Crippen molar-refractivity contribution >= 4 is 38.1 Å².